The number of hydrogen-bond donors (Lipinski definition) is 0. The molecule has 158 valence electrons. The average Bonchev–Trinajstić information content (AvgIpc) is 2.74. The predicted octanol–water partition coefficient (Wildman–Crippen LogP) is 6.93. The molecular formula is C25H27BrO3S. The van der Waals surface area contributed by atoms with Gasteiger partial charge in [0.2, 0.25) is 0 Å². The van der Waals surface area contributed by atoms with E-state index in [-0.39, 0.29) is 11.5 Å². The van der Waals surface area contributed by atoms with Gasteiger partial charge >= 0.3 is 0 Å². The van der Waals surface area contributed by atoms with Gasteiger partial charge in [-0.05, 0) is 67.1 Å². The van der Waals surface area contributed by atoms with Crippen molar-refractivity contribution in [2.45, 2.75) is 43.9 Å². The molecule has 0 aromatic heterocycles. The van der Waals surface area contributed by atoms with Crippen LogP contribution < -0.4 is 0 Å². The van der Waals surface area contributed by atoms with Crippen LogP contribution in [0.4, 0.5) is 0 Å². The van der Waals surface area contributed by atoms with E-state index in [1.54, 1.807) is 24.3 Å². The van der Waals surface area contributed by atoms with E-state index < -0.39 is 10.1 Å². The highest BCUT2D eigenvalue weighted by Gasteiger charge is 2.14. The van der Waals surface area contributed by atoms with Gasteiger partial charge in [-0.25, -0.2) is 0 Å². The van der Waals surface area contributed by atoms with Gasteiger partial charge in [-0.3, -0.25) is 4.18 Å². The average molecular weight is 487 g/mol. The molecule has 3 nitrogen and oxygen atoms in total. The Morgan fingerprint density at radius 2 is 1.30 bits per heavy atom. The molecule has 0 bridgehead atoms. The summed E-state index contributed by atoms with van der Waals surface area (Å²) in [7, 11) is -3.64. The van der Waals surface area contributed by atoms with Crippen LogP contribution in [0.25, 0.3) is 11.1 Å². The maximum atomic E-state index is 12.1. The van der Waals surface area contributed by atoms with E-state index in [0.717, 1.165) is 42.1 Å². The second kappa shape index (κ2) is 10.9. The van der Waals surface area contributed by atoms with Crippen LogP contribution in [0.3, 0.4) is 0 Å². The molecule has 0 unspecified atom stereocenters. The fourth-order valence-corrected chi connectivity index (χ4v) is 4.44. The van der Waals surface area contributed by atoms with Crippen molar-refractivity contribution in [2.75, 3.05) is 6.61 Å². The summed E-state index contributed by atoms with van der Waals surface area (Å²) in [6.45, 7) is 2.16. The van der Waals surface area contributed by atoms with Crippen LogP contribution in [0.15, 0.2) is 82.2 Å². The molecule has 3 rings (SSSR count). The highest BCUT2D eigenvalue weighted by atomic mass is 79.9. The predicted molar refractivity (Wildman–Crippen MR) is 126 cm³/mol. The molecule has 0 spiro atoms. The summed E-state index contributed by atoms with van der Waals surface area (Å²) >= 11 is 3.47. The number of aryl methyl sites for hydroxylation is 2. The van der Waals surface area contributed by atoms with Crippen molar-refractivity contribution >= 4 is 26.0 Å². The summed E-state index contributed by atoms with van der Waals surface area (Å²) in [5.74, 6) is 0. The lowest BCUT2D eigenvalue weighted by atomic mass is 10.0. The van der Waals surface area contributed by atoms with Gasteiger partial charge < -0.3 is 0 Å². The summed E-state index contributed by atoms with van der Waals surface area (Å²) in [5, 5.41) is 0. The van der Waals surface area contributed by atoms with E-state index in [2.05, 4.69) is 64.5 Å². The Kier molecular flexibility index (Phi) is 8.25. The fourth-order valence-electron chi connectivity index (χ4n) is 3.23. The van der Waals surface area contributed by atoms with Gasteiger partial charge in [0.05, 0.1) is 11.5 Å². The van der Waals surface area contributed by atoms with E-state index in [4.69, 9.17) is 4.18 Å². The van der Waals surface area contributed by atoms with Crippen LogP contribution in [0.5, 0.6) is 0 Å². The van der Waals surface area contributed by atoms with E-state index in [9.17, 15) is 8.42 Å². The SMILES string of the molecule is Cc1ccc(S(=O)(=O)OCCCCCCc2ccc(-c3ccc(Br)cc3)cc2)cc1. The topological polar surface area (TPSA) is 43.4 Å². The van der Waals surface area contributed by atoms with Crippen LogP contribution >= 0.6 is 15.9 Å². The monoisotopic (exact) mass is 486 g/mol. The molecule has 0 heterocycles. The summed E-state index contributed by atoms with van der Waals surface area (Å²) in [5.41, 5.74) is 4.79. The number of rotatable bonds is 10. The smallest absolute Gasteiger partial charge is 0.266 e. The molecule has 0 N–H and O–H groups in total. The molecule has 0 saturated carbocycles. The van der Waals surface area contributed by atoms with Crippen LogP contribution in [0.2, 0.25) is 0 Å². The third-order valence-electron chi connectivity index (χ3n) is 5.04. The van der Waals surface area contributed by atoms with Gasteiger partial charge in [0.15, 0.2) is 0 Å². The van der Waals surface area contributed by atoms with E-state index in [1.165, 1.54) is 16.7 Å². The van der Waals surface area contributed by atoms with E-state index >= 15 is 0 Å². The maximum Gasteiger partial charge on any atom is 0.296 e. The fraction of sp³-hybridized carbons (Fsp3) is 0.280. The molecular weight excluding hydrogens is 460 g/mol. The first-order chi connectivity index (χ1) is 14.4. The van der Waals surface area contributed by atoms with Crippen molar-refractivity contribution in [3.8, 4) is 11.1 Å². The Labute approximate surface area is 188 Å². The second-order valence-electron chi connectivity index (χ2n) is 7.46. The molecule has 0 amide bonds. The lowest BCUT2D eigenvalue weighted by molar-refractivity contribution is 0.306. The molecule has 0 saturated heterocycles. The zero-order valence-electron chi connectivity index (χ0n) is 17.2. The van der Waals surface area contributed by atoms with Crippen molar-refractivity contribution in [2.24, 2.45) is 0 Å². The molecule has 3 aromatic rings. The highest BCUT2D eigenvalue weighted by Crippen LogP contribution is 2.22. The lowest BCUT2D eigenvalue weighted by Gasteiger charge is -2.07. The van der Waals surface area contributed by atoms with Crippen molar-refractivity contribution in [1.29, 1.82) is 0 Å². The number of unbranched alkanes of at least 4 members (excludes halogenated alkanes) is 3. The molecule has 0 aliphatic carbocycles. The van der Waals surface area contributed by atoms with Gasteiger partial charge in [-0.2, -0.15) is 8.42 Å². The van der Waals surface area contributed by atoms with Gasteiger partial charge in [-0.1, -0.05) is 82.9 Å². The summed E-state index contributed by atoms with van der Waals surface area (Å²) in [6, 6.07) is 23.8. The number of hydrogen-bond acceptors (Lipinski definition) is 3. The van der Waals surface area contributed by atoms with Crippen LogP contribution in [-0.4, -0.2) is 15.0 Å². The van der Waals surface area contributed by atoms with Crippen molar-refractivity contribution in [3.05, 3.63) is 88.4 Å². The Morgan fingerprint density at radius 3 is 1.93 bits per heavy atom. The Bertz CT molecular complexity index is 1030. The molecule has 3 aromatic carbocycles. The van der Waals surface area contributed by atoms with Gasteiger partial charge in [-0.15, -0.1) is 0 Å². The molecule has 0 radical (unpaired) electrons. The summed E-state index contributed by atoms with van der Waals surface area (Å²) < 4.78 is 30.5. The quantitative estimate of drug-likeness (QED) is 0.230. The zero-order valence-corrected chi connectivity index (χ0v) is 19.6. The Hall–Kier alpha value is -1.95. The van der Waals surface area contributed by atoms with Crippen LogP contribution in [0.1, 0.15) is 36.8 Å². The normalized spacial score (nSPS) is 11.5. The van der Waals surface area contributed by atoms with Crippen LogP contribution in [0, 0.1) is 6.92 Å². The largest absolute Gasteiger partial charge is 0.296 e. The number of benzene rings is 3. The third-order valence-corrected chi connectivity index (χ3v) is 6.89. The van der Waals surface area contributed by atoms with Crippen LogP contribution in [-0.2, 0) is 20.7 Å². The summed E-state index contributed by atoms with van der Waals surface area (Å²) in [4.78, 5) is 0.222. The molecule has 0 aliphatic rings. The third kappa shape index (κ3) is 6.79. The van der Waals surface area contributed by atoms with Gasteiger partial charge in [0, 0.05) is 4.47 Å². The molecule has 30 heavy (non-hydrogen) atoms. The molecule has 5 heteroatoms. The number of halogens is 1. The highest BCUT2D eigenvalue weighted by molar-refractivity contribution is 9.10. The first kappa shape index (κ1) is 22.7. The van der Waals surface area contributed by atoms with E-state index in [1.807, 2.05) is 6.92 Å². The summed E-state index contributed by atoms with van der Waals surface area (Å²) in [6.07, 6.45) is 4.88. The lowest BCUT2D eigenvalue weighted by Crippen LogP contribution is -2.07. The Morgan fingerprint density at radius 1 is 0.733 bits per heavy atom. The molecule has 0 fully saturated rings. The first-order valence-electron chi connectivity index (χ1n) is 10.2. The first-order valence-corrected chi connectivity index (χ1v) is 12.5. The zero-order chi connectivity index (χ0) is 21.4. The van der Waals surface area contributed by atoms with Crippen molar-refractivity contribution in [1.82, 2.24) is 0 Å². The maximum absolute atomic E-state index is 12.1. The standard InChI is InChI=1S/C25H27BrO3S/c1-20-7-17-25(18-8-20)30(27,28)29-19-5-3-2-4-6-21-9-11-22(12-10-21)23-13-15-24(26)16-14-23/h7-18H,2-6,19H2,1H3. The second-order valence-corrected chi connectivity index (χ2v) is 9.99. The minimum Gasteiger partial charge on any atom is -0.266 e. The Balaban J connectivity index is 1.34. The minimum absolute atomic E-state index is 0.222. The minimum atomic E-state index is -3.64. The van der Waals surface area contributed by atoms with Gasteiger partial charge in [0.1, 0.15) is 0 Å². The van der Waals surface area contributed by atoms with Gasteiger partial charge in [0.25, 0.3) is 10.1 Å². The van der Waals surface area contributed by atoms with Crippen molar-refractivity contribution < 1.29 is 12.6 Å². The molecule has 0 aliphatic heterocycles. The van der Waals surface area contributed by atoms with Crippen molar-refractivity contribution in [3.63, 3.8) is 0 Å². The molecule has 0 atom stereocenters. The van der Waals surface area contributed by atoms with E-state index in [0.29, 0.717) is 0 Å².